The van der Waals surface area contributed by atoms with Crippen LogP contribution >= 0.6 is 0 Å². The number of fused-ring (bicyclic) bond motifs is 1. The van der Waals surface area contributed by atoms with E-state index >= 15 is 0 Å². The smallest absolute Gasteiger partial charge is 0.231 e. The molecule has 1 aromatic carbocycles. The summed E-state index contributed by atoms with van der Waals surface area (Å²) < 4.78 is 10.7. The number of rotatable bonds is 1. The quantitative estimate of drug-likeness (QED) is 0.721. The molecule has 2 aliphatic heterocycles. The third-order valence-electron chi connectivity index (χ3n) is 3.15. The second-order valence-electron chi connectivity index (χ2n) is 4.27. The van der Waals surface area contributed by atoms with E-state index in [1.165, 1.54) is 24.1 Å². The Hall–Kier alpha value is -1.64. The van der Waals surface area contributed by atoms with Crippen molar-refractivity contribution in [2.45, 2.75) is 12.8 Å². The van der Waals surface area contributed by atoms with Crippen molar-refractivity contribution in [2.75, 3.05) is 20.4 Å². The summed E-state index contributed by atoms with van der Waals surface area (Å²) in [6.45, 7) is 1.51. The van der Waals surface area contributed by atoms with Crippen molar-refractivity contribution in [3.05, 3.63) is 29.5 Å². The highest BCUT2D eigenvalue weighted by Gasteiger charge is 2.15. The van der Waals surface area contributed by atoms with Crippen molar-refractivity contribution in [3.8, 4) is 11.5 Å². The lowest BCUT2D eigenvalue weighted by Crippen LogP contribution is -2.09. The van der Waals surface area contributed by atoms with Crippen molar-refractivity contribution in [1.82, 2.24) is 4.90 Å². The van der Waals surface area contributed by atoms with Gasteiger partial charge in [-0.2, -0.15) is 0 Å². The number of nitrogens with zero attached hydrogens (tertiary/aromatic N) is 1. The zero-order valence-corrected chi connectivity index (χ0v) is 9.40. The lowest BCUT2D eigenvalue weighted by atomic mass is 10.1. The first-order valence-electron chi connectivity index (χ1n) is 5.64. The van der Waals surface area contributed by atoms with Gasteiger partial charge in [0.2, 0.25) is 6.79 Å². The molecule has 0 spiro atoms. The molecule has 1 saturated heterocycles. The van der Waals surface area contributed by atoms with Gasteiger partial charge in [0.05, 0.1) is 0 Å². The van der Waals surface area contributed by atoms with E-state index < -0.39 is 0 Å². The van der Waals surface area contributed by atoms with Crippen LogP contribution in [-0.4, -0.2) is 25.3 Å². The molecule has 3 heteroatoms. The first-order chi connectivity index (χ1) is 7.83. The third kappa shape index (κ3) is 1.62. The number of likely N-dealkylation sites (tertiary alicyclic amines) is 1. The van der Waals surface area contributed by atoms with Crippen molar-refractivity contribution in [3.63, 3.8) is 0 Å². The molecule has 0 saturated carbocycles. The number of ether oxygens (including phenoxy) is 2. The van der Waals surface area contributed by atoms with Crippen molar-refractivity contribution in [1.29, 1.82) is 0 Å². The van der Waals surface area contributed by atoms with Gasteiger partial charge in [0.25, 0.3) is 0 Å². The van der Waals surface area contributed by atoms with Gasteiger partial charge in [0.1, 0.15) is 0 Å². The predicted molar refractivity (Wildman–Crippen MR) is 62.4 cm³/mol. The summed E-state index contributed by atoms with van der Waals surface area (Å²) in [5, 5.41) is 0. The van der Waals surface area contributed by atoms with Crippen LogP contribution in [0.1, 0.15) is 18.4 Å². The Morgan fingerprint density at radius 2 is 2.12 bits per heavy atom. The summed E-state index contributed by atoms with van der Waals surface area (Å²) in [4.78, 5) is 2.31. The van der Waals surface area contributed by atoms with Crippen LogP contribution in [0, 0.1) is 0 Å². The van der Waals surface area contributed by atoms with E-state index in [0.29, 0.717) is 6.79 Å². The van der Waals surface area contributed by atoms with Gasteiger partial charge in [-0.15, -0.1) is 0 Å². The zero-order chi connectivity index (χ0) is 11.0. The Morgan fingerprint density at radius 3 is 2.94 bits per heavy atom. The fourth-order valence-electron chi connectivity index (χ4n) is 2.21. The van der Waals surface area contributed by atoms with E-state index in [1.54, 1.807) is 0 Å². The van der Waals surface area contributed by atoms with E-state index in [9.17, 15) is 0 Å². The molecule has 0 atom stereocenters. The minimum absolute atomic E-state index is 0.343. The van der Waals surface area contributed by atoms with E-state index in [0.717, 1.165) is 18.0 Å². The summed E-state index contributed by atoms with van der Waals surface area (Å²) in [5.41, 5.74) is 2.59. The SMILES string of the molecule is CN1CCC/C1=C/c1ccc2c(c1)OCO2. The normalized spacial score (nSPS) is 20.8. The lowest BCUT2D eigenvalue weighted by Gasteiger charge is -2.12. The van der Waals surface area contributed by atoms with Gasteiger partial charge < -0.3 is 14.4 Å². The highest BCUT2D eigenvalue weighted by molar-refractivity contribution is 5.58. The molecule has 16 heavy (non-hydrogen) atoms. The van der Waals surface area contributed by atoms with E-state index in [2.05, 4.69) is 24.1 Å². The minimum Gasteiger partial charge on any atom is -0.454 e. The van der Waals surface area contributed by atoms with Crippen LogP contribution in [0.3, 0.4) is 0 Å². The first kappa shape index (κ1) is 9.58. The summed E-state index contributed by atoms with van der Waals surface area (Å²) >= 11 is 0. The number of allylic oxidation sites excluding steroid dienone is 1. The molecule has 1 fully saturated rings. The molecule has 3 nitrogen and oxygen atoms in total. The first-order valence-corrected chi connectivity index (χ1v) is 5.64. The monoisotopic (exact) mass is 217 g/mol. The van der Waals surface area contributed by atoms with Crippen LogP contribution in [0.5, 0.6) is 11.5 Å². The van der Waals surface area contributed by atoms with E-state index in [4.69, 9.17) is 9.47 Å². The van der Waals surface area contributed by atoms with E-state index in [1.807, 2.05) is 12.1 Å². The van der Waals surface area contributed by atoms with Gasteiger partial charge in [-0.1, -0.05) is 6.07 Å². The Bertz CT molecular complexity index is 440. The number of hydrogen-bond donors (Lipinski definition) is 0. The Morgan fingerprint density at radius 1 is 1.25 bits per heavy atom. The van der Waals surface area contributed by atoms with Gasteiger partial charge in [0, 0.05) is 19.3 Å². The van der Waals surface area contributed by atoms with Gasteiger partial charge in [0.15, 0.2) is 11.5 Å². The third-order valence-corrected chi connectivity index (χ3v) is 3.15. The number of benzene rings is 1. The topological polar surface area (TPSA) is 21.7 Å². The van der Waals surface area contributed by atoms with Gasteiger partial charge >= 0.3 is 0 Å². The average molecular weight is 217 g/mol. The van der Waals surface area contributed by atoms with Crippen LogP contribution in [0.15, 0.2) is 23.9 Å². The van der Waals surface area contributed by atoms with Crippen LogP contribution in [-0.2, 0) is 0 Å². The molecular weight excluding hydrogens is 202 g/mol. The Labute approximate surface area is 95.3 Å². The summed E-state index contributed by atoms with van der Waals surface area (Å²) in [6, 6.07) is 6.10. The van der Waals surface area contributed by atoms with Gasteiger partial charge in [-0.3, -0.25) is 0 Å². The molecule has 0 bridgehead atoms. The average Bonchev–Trinajstić information content (AvgIpc) is 2.88. The van der Waals surface area contributed by atoms with Crippen LogP contribution < -0.4 is 9.47 Å². The van der Waals surface area contributed by atoms with E-state index in [-0.39, 0.29) is 0 Å². The molecule has 0 N–H and O–H groups in total. The van der Waals surface area contributed by atoms with Crippen LogP contribution in [0.4, 0.5) is 0 Å². The zero-order valence-electron chi connectivity index (χ0n) is 9.40. The summed E-state index contributed by atoms with van der Waals surface area (Å²) in [5.74, 6) is 1.71. The fraction of sp³-hybridized carbons (Fsp3) is 0.385. The standard InChI is InChI=1S/C13H15NO2/c1-14-6-2-3-11(14)7-10-4-5-12-13(8-10)16-9-15-12/h4-5,7-8H,2-3,6,9H2,1H3/b11-7-. The Balaban J connectivity index is 1.90. The van der Waals surface area contributed by atoms with Crippen LogP contribution in [0.25, 0.3) is 6.08 Å². The van der Waals surface area contributed by atoms with Gasteiger partial charge in [-0.05, 0) is 36.6 Å². The second-order valence-corrected chi connectivity index (χ2v) is 4.27. The molecule has 0 aromatic heterocycles. The second kappa shape index (κ2) is 3.74. The molecule has 2 aliphatic rings. The maximum absolute atomic E-state index is 5.37. The molecular formula is C13H15NO2. The predicted octanol–water partition coefficient (Wildman–Crippen LogP) is 2.48. The lowest BCUT2D eigenvalue weighted by molar-refractivity contribution is 0.174. The molecule has 0 aliphatic carbocycles. The highest BCUT2D eigenvalue weighted by atomic mass is 16.7. The number of hydrogen-bond acceptors (Lipinski definition) is 3. The highest BCUT2D eigenvalue weighted by Crippen LogP contribution is 2.33. The molecule has 2 heterocycles. The molecule has 3 rings (SSSR count). The maximum atomic E-state index is 5.37. The summed E-state index contributed by atoms with van der Waals surface area (Å²) in [6.07, 6.45) is 4.66. The molecule has 1 aromatic rings. The van der Waals surface area contributed by atoms with Crippen molar-refractivity contribution in [2.24, 2.45) is 0 Å². The van der Waals surface area contributed by atoms with Crippen molar-refractivity contribution < 1.29 is 9.47 Å². The Kier molecular flexibility index (Phi) is 2.24. The maximum Gasteiger partial charge on any atom is 0.231 e. The molecule has 0 unspecified atom stereocenters. The van der Waals surface area contributed by atoms with Crippen molar-refractivity contribution >= 4 is 6.08 Å². The largest absolute Gasteiger partial charge is 0.454 e. The molecule has 84 valence electrons. The van der Waals surface area contributed by atoms with Crippen LogP contribution in [0.2, 0.25) is 0 Å². The molecule has 0 amide bonds. The van der Waals surface area contributed by atoms with Gasteiger partial charge in [-0.25, -0.2) is 0 Å². The fourth-order valence-corrected chi connectivity index (χ4v) is 2.21. The summed E-state index contributed by atoms with van der Waals surface area (Å²) in [7, 11) is 2.14. The minimum atomic E-state index is 0.343. The molecule has 0 radical (unpaired) electrons.